The maximum absolute atomic E-state index is 5.39. The smallest absolute Gasteiger partial charge is 0.128 e. The van der Waals surface area contributed by atoms with Crippen LogP contribution in [0.3, 0.4) is 0 Å². The Morgan fingerprint density at radius 1 is 1.30 bits per heavy atom. The van der Waals surface area contributed by atoms with Crippen molar-refractivity contribution in [1.29, 1.82) is 0 Å². The van der Waals surface area contributed by atoms with Crippen LogP contribution in [0.5, 0.6) is 0 Å². The van der Waals surface area contributed by atoms with Crippen LogP contribution >= 0.6 is 0 Å². The Bertz CT molecular complexity index is 604. The molecule has 6 heteroatoms. The van der Waals surface area contributed by atoms with E-state index in [-0.39, 0.29) is 0 Å². The number of hydrogen-bond donors (Lipinski definition) is 1. The van der Waals surface area contributed by atoms with Gasteiger partial charge in [-0.1, -0.05) is 6.92 Å². The van der Waals surface area contributed by atoms with Gasteiger partial charge in [-0.3, -0.25) is 5.10 Å². The van der Waals surface area contributed by atoms with Gasteiger partial charge in [-0.15, -0.1) is 0 Å². The summed E-state index contributed by atoms with van der Waals surface area (Å²) in [4.78, 5) is 9.18. The monoisotopic (exact) mass is 315 g/mol. The number of rotatable bonds is 6. The Morgan fingerprint density at radius 2 is 2.13 bits per heavy atom. The van der Waals surface area contributed by atoms with Gasteiger partial charge in [0.25, 0.3) is 0 Å². The normalized spacial score (nSPS) is 15.3. The number of H-pyrrole nitrogens is 1. The third-order valence-corrected chi connectivity index (χ3v) is 4.12. The van der Waals surface area contributed by atoms with Crippen molar-refractivity contribution in [3.63, 3.8) is 0 Å². The van der Waals surface area contributed by atoms with Gasteiger partial charge < -0.3 is 14.5 Å². The van der Waals surface area contributed by atoms with Gasteiger partial charge in [0.2, 0.25) is 0 Å². The van der Waals surface area contributed by atoms with Gasteiger partial charge in [-0.25, -0.2) is 4.98 Å². The van der Waals surface area contributed by atoms with E-state index < -0.39 is 0 Å². The van der Waals surface area contributed by atoms with Gasteiger partial charge in [0.05, 0.1) is 18.9 Å². The highest BCUT2D eigenvalue weighted by atomic mass is 16.5. The average molecular weight is 315 g/mol. The van der Waals surface area contributed by atoms with E-state index in [1.807, 2.05) is 12.4 Å². The molecule has 0 radical (unpaired) electrons. The molecule has 0 atom stereocenters. The first kappa shape index (κ1) is 16.0. The Labute approximate surface area is 137 Å². The van der Waals surface area contributed by atoms with E-state index >= 15 is 0 Å². The molecule has 23 heavy (non-hydrogen) atoms. The van der Waals surface area contributed by atoms with E-state index in [0.717, 1.165) is 62.9 Å². The lowest BCUT2D eigenvalue weighted by Gasteiger charge is -2.27. The van der Waals surface area contributed by atoms with Crippen LogP contribution in [-0.2, 0) is 11.3 Å². The fourth-order valence-electron chi connectivity index (χ4n) is 2.94. The number of nitrogens with zero attached hydrogens (tertiary/aromatic N) is 4. The van der Waals surface area contributed by atoms with E-state index in [0.29, 0.717) is 0 Å². The number of pyridine rings is 1. The zero-order valence-corrected chi connectivity index (χ0v) is 14.0. The van der Waals surface area contributed by atoms with Crippen molar-refractivity contribution in [3.8, 4) is 11.3 Å². The zero-order valence-electron chi connectivity index (χ0n) is 14.0. The number of ether oxygens (including phenoxy) is 1. The second-order valence-corrected chi connectivity index (χ2v) is 6.00. The van der Waals surface area contributed by atoms with E-state index in [4.69, 9.17) is 4.74 Å². The second kappa shape index (κ2) is 7.57. The van der Waals surface area contributed by atoms with E-state index in [9.17, 15) is 0 Å². The molecule has 1 aliphatic rings. The first-order valence-electron chi connectivity index (χ1n) is 8.28. The number of nitrogens with one attached hydrogen (secondary N) is 1. The van der Waals surface area contributed by atoms with E-state index in [1.54, 1.807) is 0 Å². The molecule has 0 saturated carbocycles. The average Bonchev–Trinajstić information content (AvgIpc) is 3.04. The van der Waals surface area contributed by atoms with Crippen molar-refractivity contribution in [3.05, 3.63) is 30.1 Å². The fourth-order valence-corrected chi connectivity index (χ4v) is 2.94. The Hall–Kier alpha value is -1.92. The molecule has 124 valence electrons. The lowest BCUT2D eigenvalue weighted by Crippen LogP contribution is -2.36. The minimum atomic E-state index is 0.775. The maximum atomic E-state index is 5.39. The van der Waals surface area contributed by atoms with Crippen LogP contribution in [0.25, 0.3) is 11.3 Å². The van der Waals surface area contributed by atoms with Crippen molar-refractivity contribution >= 4 is 5.82 Å². The summed E-state index contributed by atoms with van der Waals surface area (Å²) in [5.74, 6) is 1.01. The molecule has 1 saturated heterocycles. The van der Waals surface area contributed by atoms with Gasteiger partial charge in [0.15, 0.2) is 0 Å². The summed E-state index contributed by atoms with van der Waals surface area (Å²) < 4.78 is 5.39. The summed E-state index contributed by atoms with van der Waals surface area (Å²) >= 11 is 0. The topological polar surface area (TPSA) is 57.3 Å². The Morgan fingerprint density at radius 3 is 2.83 bits per heavy atom. The molecule has 0 aliphatic carbocycles. The molecule has 0 bridgehead atoms. The van der Waals surface area contributed by atoms with Crippen LogP contribution in [0.4, 0.5) is 5.82 Å². The highest BCUT2D eigenvalue weighted by Crippen LogP contribution is 2.23. The molecular weight excluding hydrogens is 290 g/mol. The Kier molecular flexibility index (Phi) is 5.25. The number of hydrogen-bond acceptors (Lipinski definition) is 5. The van der Waals surface area contributed by atoms with Crippen LogP contribution in [-0.4, -0.2) is 60.0 Å². The van der Waals surface area contributed by atoms with Crippen molar-refractivity contribution in [2.45, 2.75) is 19.9 Å². The molecule has 0 unspecified atom stereocenters. The van der Waals surface area contributed by atoms with Gasteiger partial charge in [-0.05, 0) is 32.1 Å². The number of morpholine rings is 1. The van der Waals surface area contributed by atoms with E-state index in [2.05, 4.69) is 51.1 Å². The third kappa shape index (κ3) is 3.89. The first-order valence-corrected chi connectivity index (χ1v) is 8.28. The third-order valence-electron chi connectivity index (χ3n) is 4.12. The summed E-state index contributed by atoms with van der Waals surface area (Å²) in [5, 5.41) is 7.41. The minimum absolute atomic E-state index is 0.775. The lowest BCUT2D eigenvalue weighted by molar-refractivity contribution is 0.122. The molecule has 0 spiro atoms. The van der Waals surface area contributed by atoms with Gasteiger partial charge in [0.1, 0.15) is 5.82 Å². The number of aromatic amines is 1. The molecule has 3 rings (SSSR count). The number of aromatic nitrogens is 3. The molecule has 6 nitrogen and oxygen atoms in total. The van der Waals surface area contributed by atoms with Crippen molar-refractivity contribution in [1.82, 2.24) is 20.1 Å². The molecule has 0 aromatic carbocycles. The molecule has 2 aromatic rings. The van der Waals surface area contributed by atoms with E-state index in [1.165, 1.54) is 5.56 Å². The SMILES string of the molecule is CCCN(C)Cc1c[nH]nc1-c1ccc(N2CCOCC2)nc1. The molecule has 3 heterocycles. The summed E-state index contributed by atoms with van der Waals surface area (Å²) in [6, 6.07) is 4.19. The number of anilines is 1. The molecule has 1 N–H and O–H groups in total. The quantitative estimate of drug-likeness (QED) is 0.885. The molecule has 1 fully saturated rings. The highest BCUT2D eigenvalue weighted by molar-refractivity contribution is 5.63. The summed E-state index contributed by atoms with van der Waals surface area (Å²) in [6.07, 6.45) is 5.06. The Balaban J connectivity index is 1.73. The molecule has 1 aliphatic heterocycles. The summed E-state index contributed by atoms with van der Waals surface area (Å²) in [7, 11) is 2.14. The molecule has 2 aromatic heterocycles. The van der Waals surface area contributed by atoms with Crippen LogP contribution in [0.15, 0.2) is 24.5 Å². The molecular formula is C17H25N5O. The largest absolute Gasteiger partial charge is 0.378 e. The highest BCUT2D eigenvalue weighted by Gasteiger charge is 2.14. The fraction of sp³-hybridized carbons (Fsp3) is 0.529. The predicted octanol–water partition coefficient (Wildman–Crippen LogP) is 2.15. The standard InChI is InChI=1S/C17H25N5O/c1-3-6-21(2)13-15-12-19-20-17(15)14-4-5-16(18-11-14)22-7-9-23-10-8-22/h4-5,11-12H,3,6-10,13H2,1-2H3,(H,19,20). The summed E-state index contributed by atoms with van der Waals surface area (Å²) in [5.41, 5.74) is 3.26. The lowest BCUT2D eigenvalue weighted by atomic mass is 10.1. The second-order valence-electron chi connectivity index (χ2n) is 6.00. The van der Waals surface area contributed by atoms with Gasteiger partial charge >= 0.3 is 0 Å². The van der Waals surface area contributed by atoms with Crippen LogP contribution in [0, 0.1) is 0 Å². The minimum Gasteiger partial charge on any atom is -0.378 e. The predicted molar refractivity (Wildman–Crippen MR) is 91.5 cm³/mol. The van der Waals surface area contributed by atoms with Crippen molar-refractivity contribution in [2.24, 2.45) is 0 Å². The molecule has 0 amide bonds. The van der Waals surface area contributed by atoms with Crippen LogP contribution < -0.4 is 4.90 Å². The zero-order chi connectivity index (χ0) is 16.1. The van der Waals surface area contributed by atoms with Crippen LogP contribution in [0.2, 0.25) is 0 Å². The van der Waals surface area contributed by atoms with Gasteiger partial charge in [-0.2, -0.15) is 5.10 Å². The van der Waals surface area contributed by atoms with Crippen LogP contribution in [0.1, 0.15) is 18.9 Å². The van der Waals surface area contributed by atoms with Crippen molar-refractivity contribution in [2.75, 3.05) is 44.8 Å². The first-order chi connectivity index (χ1) is 11.3. The van der Waals surface area contributed by atoms with Crippen molar-refractivity contribution < 1.29 is 4.74 Å². The van der Waals surface area contributed by atoms with Gasteiger partial charge in [0, 0.05) is 43.2 Å². The summed E-state index contributed by atoms with van der Waals surface area (Å²) in [6.45, 7) is 7.53. The maximum Gasteiger partial charge on any atom is 0.128 e.